The van der Waals surface area contributed by atoms with Gasteiger partial charge in [0.05, 0.1) is 18.3 Å². The standard InChI is InChI=1S/C12H26N2O2/c1-9(2)12(4,15)8-14-5-6-16-11(7-14)10(3)13/h9-11,15H,5-8,13H2,1-4H3. The Balaban J connectivity index is 2.49. The lowest BCUT2D eigenvalue weighted by Gasteiger charge is -2.39. The first kappa shape index (κ1) is 13.9. The first-order valence-electron chi connectivity index (χ1n) is 6.15. The molecule has 1 aliphatic rings. The Morgan fingerprint density at radius 3 is 2.62 bits per heavy atom. The summed E-state index contributed by atoms with van der Waals surface area (Å²) in [4.78, 5) is 2.25. The molecule has 0 aromatic carbocycles. The fourth-order valence-electron chi connectivity index (χ4n) is 1.83. The lowest BCUT2D eigenvalue weighted by Crippen LogP contribution is -2.54. The zero-order valence-electron chi connectivity index (χ0n) is 10.9. The molecule has 1 saturated heterocycles. The van der Waals surface area contributed by atoms with E-state index in [1.54, 1.807) is 0 Å². The smallest absolute Gasteiger partial charge is 0.0850 e. The Bertz CT molecular complexity index is 217. The number of hydrogen-bond donors (Lipinski definition) is 2. The molecule has 3 N–H and O–H groups in total. The van der Waals surface area contributed by atoms with Crippen LogP contribution in [0.2, 0.25) is 0 Å². The summed E-state index contributed by atoms with van der Waals surface area (Å²) < 4.78 is 5.60. The molecule has 1 fully saturated rings. The molecule has 0 bridgehead atoms. The van der Waals surface area contributed by atoms with Crippen LogP contribution in [0.5, 0.6) is 0 Å². The van der Waals surface area contributed by atoms with Crippen molar-refractivity contribution in [3.8, 4) is 0 Å². The van der Waals surface area contributed by atoms with E-state index < -0.39 is 5.60 Å². The Morgan fingerprint density at radius 1 is 1.50 bits per heavy atom. The highest BCUT2D eigenvalue weighted by Crippen LogP contribution is 2.19. The van der Waals surface area contributed by atoms with Gasteiger partial charge in [0.15, 0.2) is 0 Å². The average molecular weight is 230 g/mol. The normalized spacial score (nSPS) is 29.1. The minimum Gasteiger partial charge on any atom is -0.389 e. The van der Waals surface area contributed by atoms with Crippen LogP contribution in [-0.2, 0) is 4.74 Å². The lowest BCUT2D eigenvalue weighted by atomic mass is 9.91. The molecule has 3 unspecified atom stereocenters. The summed E-state index contributed by atoms with van der Waals surface area (Å²) in [7, 11) is 0. The van der Waals surface area contributed by atoms with Crippen molar-refractivity contribution in [3.63, 3.8) is 0 Å². The molecule has 96 valence electrons. The van der Waals surface area contributed by atoms with Gasteiger partial charge in [-0.1, -0.05) is 13.8 Å². The van der Waals surface area contributed by atoms with Gasteiger partial charge in [0, 0.05) is 25.7 Å². The summed E-state index contributed by atoms with van der Waals surface area (Å²) in [5.74, 6) is 0.254. The molecule has 0 aromatic heterocycles. The number of nitrogens with two attached hydrogens (primary N) is 1. The molecule has 0 radical (unpaired) electrons. The number of morpholine rings is 1. The van der Waals surface area contributed by atoms with Gasteiger partial charge in [-0.2, -0.15) is 0 Å². The molecule has 0 saturated carbocycles. The highest BCUT2D eigenvalue weighted by molar-refractivity contribution is 4.85. The molecule has 4 nitrogen and oxygen atoms in total. The maximum absolute atomic E-state index is 10.3. The van der Waals surface area contributed by atoms with Crippen molar-refractivity contribution >= 4 is 0 Å². The quantitative estimate of drug-likeness (QED) is 0.736. The van der Waals surface area contributed by atoms with Gasteiger partial charge < -0.3 is 15.6 Å². The second-order valence-corrected chi connectivity index (χ2v) is 5.52. The van der Waals surface area contributed by atoms with Gasteiger partial charge in [0.2, 0.25) is 0 Å². The monoisotopic (exact) mass is 230 g/mol. The van der Waals surface area contributed by atoms with Crippen LogP contribution in [0.15, 0.2) is 0 Å². The van der Waals surface area contributed by atoms with Crippen molar-refractivity contribution in [2.75, 3.05) is 26.2 Å². The Labute approximate surface area is 98.8 Å². The summed E-state index contributed by atoms with van der Waals surface area (Å²) in [5.41, 5.74) is 5.20. The van der Waals surface area contributed by atoms with Gasteiger partial charge in [-0.05, 0) is 19.8 Å². The van der Waals surface area contributed by atoms with E-state index in [0.29, 0.717) is 13.2 Å². The molecule has 0 amide bonds. The predicted octanol–water partition coefficient (Wildman–Crippen LogP) is 0.441. The maximum Gasteiger partial charge on any atom is 0.0850 e. The molecular formula is C12H26N2O2. The summed E-state index contributed by atoms with van der Waals surface area (Å²) in [6.45, 7) is 11.1. The molecule has 0 aliphatic carbocycles. The van der Waals surface area contributed by atoms with Crippen LogP contribution >= 0.6 is 0 Å². The molecule has 0 aromatic rings. The third-order valence-electron chi connectivity index (χ3n) is 3.55. The SMILES string of the molecule is CC(N)C1CN(CC(C)(O)C(C)C)CCO1. The van der Waals surface area contributed by atoms with Crippen molar-refractivity contribution in [3.05, 3.63) is 0 Å². The molecule has 1 aliphatic heterocycles. The molecule has 1 rings (SSSR count). The van der Waals surface area contributed by atoms with Gasteiger partial charge in [-0.15, -0.1) is 0 Å². The highest BCUT2D eigenvalue weighted by atomic mass is 16.5. The van der Waals surface area contributed by atoms with Crippen LogP contribution in [0.3, 0.4) is 0 Å². The van der Waals surface area contributed by atoms with Gasteiger partial charge in [0.1, 0.15) is 0 Å². The Hall–Kier alpha value is -0.160. The van der Waals surface area contributed by atoms with E-state index in [4.69, 9.17) is 10.5 Å². The average Bonchev–Trinajstić information content (AvgIpc) is 2.17. The van der Waals surface area contributed by atoms with Crippen molar-refractivity contribution in [1.82, 2.24) is 4.90 Å². The van der Waals surface area contributed by atoms with Gasteiger partial charge in [0.25, 0.3) is 0 Å². The van der Waals surface area contributed by atoms with Crippen LogP contribution in [-0.4, -0.2) is 54.0 Å². The summed E-state index contributed by atoms with van der Waals surface area (Å²) in [6.07, 6.45) is 0.0942. The number of ether oxygens (including phenoxy) is 1. The topological polar surface area (TPSA) is 58.7 Å². The van der Waals surface area contributed by atoms with Crippen molar-refractivity contribution in [2.45, 2.75) is 45.4 Å². The Morgan fingerprint density at radius 2 is 2.12 bits per heavy atom. The van der Waals surface area contributed by atoms with Gasteiger partial charge >= 0.3 is 0 Å². The second-order valence-electron chi connectivity index (χ2n) is 5.52. The summed E-state index contributed by atoms with van der Waals surface area (Å²) in [5, 5.41) is 10.3. The highest BCUT2D eigenvalue weighted by Gasteiger charge is 2.31. The molecule has 4 heteroatoms. The Kier molecular flexibility index (Phi) is 4.73. The van der Waals surface area contributed by atoms with E-state index in [-0.39, 0.29) is 18.1 Å². The lowest BCUT2D eigenvalue weighted by molar-refractivity contribution is -0.0773. The zero-order chi connectivity index (χ0) is 12.3. The number of hydrogen-bond acceptors (Lipinski definition) is 4. The van der Waals surface area contributed by atoms with Crippen molar-refractivity contribution < 1.29 is 9.84 Å². The first-order valence-corrected chi connectivity index (χ1v) is 6.15. The van der Waals surface area contributed by atoms with Crippen LogP contribution in [0, 0.1) is 5.92 Å². The molecule has 1 heterocycles. The predicted molar refractivity (Wildman–Crippen MR) is 65.3 cm³/mol. The number of β-amino-alcohol motifs (C(OH)–C–C–N with tert-alkyl or cyclic N) is 1. The van der Waals surface area contributed by atoms with E-state index in [0.717, 1.165) is 13.1 Å². The van der Waals surface area contributed by atoms with Crippen LogP contribution < -0.4 is 5.73 Å². The number of aliphatic hydroxyl groups is 1. The molecule has 16 heavy (non-hydrogen) atoms. The van der Waals surface area contributed by atoms with E-state index in [1.807, 2.05) is 27.7 Å². The summed E-state index contributed by atoms with van der Waals surface area (Å²) >= 11 is 0. The molecular weight excluding hydrogens is 204 g/mol. The number of rotatable bonds is 4. The van der Waals surface area contributed by atoms with Gasteiger partial charge in [-0.25, -0.2) is 0 Å². The second kappa shape index (κ2) is 5.45. The summed E-state index contributed by atoms with van der Waals surface area (Å²) in [6, 6.07) is 0.0480. The fraction of sp³-hybridized carbons (Fsp3) is 1.00. The first-order chi connectivity index (χ1) is 7.33. The van der Waals surface area contributed by atoms with Crippen molar-refractivity contribution in [1.29, 1.82) is 0 Å². The van der Waals surface area contributed by atoms with Crippen molar-refractivity contribution in [2.24, 2.45) is 11.7 Å². The molecule has 3 atom stereocenters. The fourth-order valence-corrected chi connectivity index (χ4v) is 1.83. The minimum atomic E-state index is -0.639. The van der Waals surface area contributed by atoms with Crippen LogP contribution in [0.1, 0.15) is 27.7 Å². The van der Waals surface area contributed by atoms with Crippen LogP contribution in [0.4, 0.5) is 0 Å². The van der Waals surface area contributed by atoms with E-state index in [2.05, 4.69) is 4.90 Å². The van der Waals surface area contributed by atoms with E-state index in [9.17, 15) is 5.11 Å². The zero-order valence-corrected chi connectivity index (χ0v) is 10.9. The van der Waals surface area contributed by atoms with Gasteiger partial charge in [-0.3, -0.25) is 4.90 Å². The molecule has 0 spiro atoms. The van der Waals surface area contributed by atoms with E-state index >= 15 is 0 Å². The van der Waals surface area contributed by atoms with E-state index in [1.165, 1.54) is 0 Å². The largest absolute Gasteiger partial charge is 0.389 e. The van der Waals surface area contributed by atoms with Crippen LogP contribution in [0.25, 0.3) is 0 Å². The third kappa shape index (κ3) is 3.70. The maximum atomic E-state index is 10.3. The number of nitrogens with zero attached hydrogens (tertiary/aromatic N) is 1. The minimum absolute atomic E-state index is 0.0480. The third-order valence-corrected chi connectivity index (χ3v) is 3.55.